The SMILES string of the molecule is COc1ccc(CNc2ncc(C(N)=O)c3sc4cc(-c5ccccc5)ccc4c23)cc1. The molecule has 2 heterocycles. The van der Waals surface area contributed by atoms with E-state index in [0.29, 0.717) is 12.1 Å². The van der Waals surface area contributed by atoms with Crippen molar-refractivity contribution in [2.45, 2.75) is 6.54 Å². The molecule has 3 aromatic carbocycles. The molecule has 0 spiro atoms. The maximum absolute atomic E-state index is 12.1. The average Bonchev–Trinajstić information content (AvgIpc) is 3.22. The van der Waals surface area contributed by atoms with E-state index in [1.165, 1.54) is 0 Å². The minimum atomic E-state index is -0.473. The van der Waals surface area contributed by atoms with Crippen LogP contribution in [0.5, 0.6) is 5.75 Å². The van der Waals surface area contributed by atoms with Crippen molar-refractivity contribution in [3.05, 3.63) is 90.1 Å². The highest BCUT2D eigenvalue weighted by atomic mass is 32.1. The number of benzene rings is 3. The van der Waals surface area contributed by atoms with E-state index >= 15 is 0 Å². The number of fused-ring (bicyclic) bond motifs is 3. The van der Waals surface area contributed by atoms with Crippen LogP contribution in [0, 0.1) is 0 Å². The highest BCUT2D eigenvalue weighted by Gasteiger charge is 2.17. The Kier molecular flexibility index (Phi) is 5.21. The lowest BCUT2D eigenvalue weighted by Gasteiger charge is -2.10. The fourth-order valence-electron chi connectivity index (χ4n) is 3.82. The molecule has 0 bridgehead atoms. The molecule has 2 aromatic heterocycles. The van der Waals surface area contributed by atoms with Gasteiger partial charge in [-0.15, -0.1) is 11.3 Å². The van der Waals surface area contributed by atoms with E-state index in [0.717, 1.165) is 48.4 Å². The van der Waals surface area contributed by atoms with Gasteiger partial charge in [0.2, 0.25) is 0 Å². The number of pyridine rings is 1. The lowest BCUT2D eigenvalue weighted by Crippen LogP contribution is -2.12. The van der Waals surface area contributed by atoms with Crippen LogP contribution in [0.4, 0.5) is 5.82 Å². The Balaban J connectivity index is 1.59. The summed E-state index contributed by atoms with van der Waals surface area (Å²) in [6.45, 7) is 0.599. The Morgan fingerprint density at radius 2 is 1.81 bits per heavy atom. The molecule has 0 radical (unpaired) electrons. The van der Waals surface area contributed by atoms with Crippen molar-refractivity contribution in [2.75, 3.05) is 12.4 Å². The van der Waals surface area contributed by atoms with Crippen LogP contribution < -0.4 is 15.8 Å². The number of primary amides is 1. The molecule has 3 N–H and O–H groups in total. The van der Waals surface area contributed by atoms with Gasteiger partial charge in [-0.1, -0.05) is 54.6 Å². The number of nitrogens with zero attached hydrogens (tertiary/aromatic N) is 1. The van der Waals surface area contributed by atoms with Crippen LogP contribution in [0.15, 0.2) is 79.0 Å². The predicted molar refractivity (Wildman–Crippen MR) is 131 cm³/mol. The molecule has 6 heteroatoms. The van der Waals surface area contributed by atoms with Gasteiger partial charge < -0.3 is 15.8 Å². The van der Waals surface area contributed by atoms with Crippen molar-refractivity contribution in [3.63, 3.8) is 0 Å². The minimum absolute atomic E-state index is 0.442. The Bertz CT molecular complexity index is 1430. The first kappa shape index (κ1) is 20.0. The third-order valence-corrected chi connectivity index (χ3v) is 6.67. The van der Waals surface area contributed by atoms with E-state index in [2.05, 4.69) is 40.6 Å². The van der Waals surface area contributed by atoms with E-state index < -0.39 is 5.91 Å². The van der Waals surface area contributed by atoms with E-state index in [-0.39, 0.29) is 0 Å². The van der Waals surface area contributed by atoms with Gasteiger partial charge in [-0.25, -0.2) is 4.98 Å². The zero-order valence-electron chi connectivity index (χ0n) is 17.5. The van der Waals surface area contributed by atoms with Crippen LogP contribution in [-0.2, 0) is 6.54 Å². The number of thiophene rings is 1. The lowest BCUT2D eigenvalue weighted by molar-refractivity contribution is 0.100. The summed E-state index contributed by atoms with van der Waals surface area (Å²) in [7, 11) is 1.65. The first-order valence-corrected chi connectivity index (χ1v) is 11.0. The standard InChI is InChI=1S/C26H21N3O2S/c1-31-19-10-7-16(8-11-19)14-28-26-23-20-12-9-18(17-5-3-2-4-6-17)13-22(20)32-24(23)21(15-29-26)25(27)30/h2-13,15H,14H2,1H3,(H2,27,30)(H,28,29). The average molecular weight is 440 g/mol. The number of amides is 1. The second-order valence-corrected chi connectivity index (χ2v) is 8.52. The summed E-state index contributed by atoms with van der Waals surface area (Å²) in [6, 6.07) is 24.5. The molecule has 5 aromatic rings. The smallest absolute Gasteiger partial charge is 0.251 e. The number of hydrogen-bond acceptors (Lipinski definition) is 5. The Morgan fingerprint density at radius 1 is 1.03 bits per heavy atom. The van der Waals surface area contributed by atoms with Crippen LogP contribution in [0.3, 0.4) is 0 Å². The van der Waals surface area contributed by atoms with Gasteiger partial charge in [0.1, 0.15) is 11.6 Å². The number of methoxy groups -OCH3 is 1. The van der Waals surface area contributed by atoms with Crippen molar-refractivity contribution < 1.29 is 9.53 Å². The minimum Gasteiger partial charge on any atom is -0.497 e. The summed E-state index contributed by atoms with van der Waals surface area (Å²) in [4.78, 5) is 16.6. The monoisotopic (exact) mass is 439 g/mol. The normalized spacial score (nSPS) is 11.0. The maximum atomic E-state index is 12.1. The van der Waals surface area contributed by atoms with E-state index in [9.17, 15) is 4.79 Å². The zero-order valence-corrected chi connectivity index (χ0v) is 18.3. The summed E-state index contributed by atoms with van der Waals surface area (Å²) >= 11 is 1.57. The molecular weight excluding hydrogens is 418 g/mol. The molecule has 0 saturated heterocycles. The molecule has 5 nitrogen and oxygen atoms in total. The van der Waals surface area contributed by atoms with Gasteiger partial charge in [-0.2, -0.15) is 0 Å². The maximum Gasteiger partial charge on any atom is 0.251 e. The number of carbonyl (C=O) groups is 1. The number of ether oxygens (including phenoxy) is 1. The van der Waals surface area contributed by atoms with Crippen LogP contribution in [-0.4, -0.2) is 18.0 Å². The van der Waals surface area contributed by atoms with Gasteiger partial charge in [-0.3, -0.25) is 4.79 Å². The quantitative estimate of drug-likeness (QED) is 0.349. The first-order valence-electron chi connectivity index (χ1n) is 10.2. The fourth-order valence-corrected chi connectivity index (χ4v) is 5.08. The number of hydrogen-bond donors (Lipinski definition) is 2. The molecule has 0 aliphatic heterocycles. The molecular formula is C26H21N3O2S. The van der Waals surface area contributed by atoms with Crippen LogP contribution in [0.2, 0.25) is 0 Å². The number of nitrogens with one attached hydrogen (secondary N) is 1. The second-order valence-electron chi connectivity index (χ2n) is 7.47. The van der Waals surface area contributed by atoms with Gasteiger partial charge in [0.25, 0.3) is 5.91 Å². The molecule has 0 aliphatic rings. The molecule has 158 valence electrons. The van der Waals surface area contributed by atoms with Crippen molar-refractivity contribution in [1.82, 2.24) is 4.98 Å². The number of nitrogens with two attached hydrogens (primary N) is 1. The van der Waals surface area contributed by atoms with Gasteiger partial charge in [-0.05, 0) is 34.9 Å². The van der Waals surface area contributed by atoms with Crippen molar-refractivity contribution in [3.8, 4) is 16.9 Å². The number of aromatic nitrogens is 1. The second kappa shape index (κ2) is 8.32. The number of anilines is 1. The summed E-state index contributed by atoms with van der Waals surface area (Å²) in [5.41, 5.74) is 9.49. The molecule has 5 rings (SSSR count). The van der Waals surface area contributed by atoms with Crippen LogP contribution in [0.25, 0.3) is 31.3 Å². The Morgan fingerprint density at radius 3 is 2.53 bits per heavy atom. The van der Waals surface area contributed by atoms with E-state index in [4.69, 9.17) is 10.5 Å². The fraction of sp³-hybridized carbons (Fsp3) is 0.0769. The van der Waals surface area contributed by atoms with Crippen LogP contribution in [0.1, 0.15) is 15.9 Å². The van der Waals surface area contributed by atoms with Crippen molar-refractivity contribution in [2.24, 2.45) is 5.73 Å². The van der Waals surface area contributed by atoms with E-state index in [1.807, 2.05) is 42.5 Å². The van der Waals surface area contributed by atoms with E-state index in [1.54, 1.807) is 24.6 Å². The largest absolute Gasteiger partial charge is 0.497 e. The molecule has 32 heavy (non-hydrogen) atoms. The Labute approximate surface area is 189 Å². The summed E-state index contributed by atoms with van der Waals surface area (Å²) in [5, 5.41) is 5.41. The van der Waals surface area contributed by atoms with Gasteiger partial charge in [0.05, 0.1) is 17.4 Å². The molecule has 0 aliphatic carbocycles. The third kappa shape index (κ3) is 3.65. The molecule has 0 atom stereocenters. The van der Waals surface area contributed by atoms with Gasteiger partial charge in [0, 0.05) is 28.2 Å². The summed E-state index contributed by atoms with van der Waals surface area (Å²) in [5.74, 6) is 1.08. The third-order valence-electron chi connectivity index (χ3n) is 5.49. The van der Waals surface area contributed by atoms with Crippen molar-refractivity contribution >= 4 is 43.2 Å². The highest BCUT2D eigenvalue weighted by Crippen LogP contribution is 2.41. The van der Waals surface area contributed by atoms with Gasteiger partial charge >= 0.3 is 0 Å². The molecule has 1 amide bonds. The number of rotatable bonds is 6. The summed E-state index contributed by atoms with van der Waals surface area (Å²) in [6.07, 6.45) is 1.56. The number of carbonyl (C=O) groups excluding carboxylic acids is 1. The lowest BCUT2D eigenvalue weighted by atomic mass is 10.0. The zero-order chi connectivity index (χ0) is 22.1. The highest BCUT2D eigenvalue weighted by molar-refractivity contribution is 7.26. The molecule has 0 unspecified atom stereocenters. The Hall–Kier alpha value is -3.90. The predicted octanol–water partition coefficient (Wildman–Crippen LogP) is 5.84. The van der Waals surface area contributed by atoms with Gasteiger partial charge in [0.15, 0.2) is 0 Å². The summed E-state index contributed by atoms with van der Waals surface area (Å²) < 4.78 is 7.17. The molecule has 0 saturated carbocycles. The van der Waals surface area contributed by atoms with Crippen LogP contribution >= 0.6 is 11.3 Å². The first-order chi connectivity index (χ1) is 15.6. The van der Waals surface area contributed by atoms with Crippen molar-refractivity contribution in [1.29, 1.82) is 0 Å². The topological polar surface area (TPSA) is 77.2 Å². The molecule has 0 fully saturated rings.